The third kappa shape index (κ3) is 5.90. The summed E-state index contributed by atoms with van der Waals surface area (Å²) in [5.74, 6) is 0. The van der Waals surface area contributed by atoms with E-state index < -0.39 is 0 Å². The van der Waals surface area contributed by atoms with E-state index in [1.807, 2.05) is 85.3 Å². The SMILES string of the molecule is C.c1ccc2cnccc2c1.c1ccc2ncccc2c1.c1ccc2nccnc2c1. The summed E-state index contributed by atoms with van der Waals surface area (Å²) in [6.07, 6.45) is 8.88. The molecule has 0 spiro atoms. The minimum absolute atomic E-state index is 0. The molecule has 0 radical (unpaired) electrons. The van der Waals surface area contributed by atoms with Crippen LogP contribution in [0.2, 0.25) is 0 Å². The fourth-order valence-electron chi connectivity index (χ4n) is 2.95. The van der Waals surface area contributed by atoms with Crippen LogP contribution >= 0.6 is 0 Å². The first kappa shape index (κ1) is 21.5. The lowest BCUT2D eigenvalue weighted by molar-refractivity contribution is 1.29. The highest BCUT2D eigenvalue weighted by molar-refractivity contribution is 5.81. The molecule has 0 unspecified atom stereocenters. The number of nitrogens with zero attached hydrogens (tertiary/aromatic N) is 4. The van der Waals surface area contributed by atoms with Crippen molar-refractivity contribution in [2.24, 2.45) is 0 Å². The highest BCUT2D eigenvalue weighted by Gasteiger charge is 1.89. The van der Waals surface area contributed by atoms with Crippen LogP contribution in [-0.4, -0.2) is 19.9 Å². The van der Waals surface area contributed by atoms with Gasteiger partial charge in [0.05, 0.1) is 16.6 Å². The third-order valence-electron chi connectivity index (χ3n) is 4.44. The molecular formula is C27H24N4. The first-order chi connectivity index (χ1) is 14.9. The summed E-state index contributed by atoms with van der Waals surface area (Å²) in [7, 11) is 0. The minimum atomic E-state index is 0. The van der Waals surface area contributed by atoms with Crippen molar-refractivity contribution < 1.29 is 0 Å². The van der Waals surface area contributed by atoms with E-state index in [4.69, 9.17) is 0 Å². The van der Waals surface area contributed by atoms with E-state index >= 15 is 0 Å². The molecule has 0 atom stereocenters. The van der Waals surface area contributed by atoms with Crippen LogP contribution in [0, 0.1) is 0 Å². The zero-order chi connectivity index (χ0) is 20.4. The fraction of sp³-hybridized carbons (Fsp3) is 0.0370. The van der Waals surface area contributed by atoms with Crippen molar-refractivity contribution in [2.75, 3.05) is 0 Å². The molecule has 4 nitrogen and oxygen atoms in total. The van der Waals surface area contributed by atoms with Crippen LogP contribution in [0.15, 0.2) is 122 Å². The Morgan fingerprint density at radius 3 is 1.55 bits per heavy atom. The van der Waals surface area contributed by atoms with Crippen molar-refractivity contribution in [1.29, 1.82) is 0 Å². The van der Waals surface area contributed by atoms with Crippen LogP contribution in [0.1, 0.15) is 7.43 Å². The van der Waals surface area contributed by atoms with E-state index in [-0.39, 0.29) is 7.43 Å². The zero-order valence-corrected chi connectivity index (χ0v) is 16.3. The summed E-state index contributed by atoms with van der Waals surface area (Å²) in [5, 5.41) is 3.65. The summed E-state index contributed by atoms with van der Waals surface area (Å²) in [6.45, 7) is 0. The fourth-order valence-corrected chi connectivity index (χ4v) is 2.95. The van der Waals surface area contributed by atoms with Crippen LogP contribution in [-0.2, 0) is 0 Å². The maximum Gasteiger partial charge on any atom is 0.0886 e. The second-order valence-corrected chi connectivity index (χ2v) is 6.46. The largest absolute Gasteiger partial charge is 0.264 e. The van der Waals surface area contributed by atoms with Crippen LogP contribution < -0.4 is 0 Å². The van der Waals surface area contributed by atoms with Crippen molar-refractivity contribution in [3.8, 4) is 0 Å². The van der Waals surface area contributed by atoms with E-state index in [1.165, 1.54) is 16.2 Å². The van der Waals surface area contributed by atoms with Gasteiger partial charge < -0.3 is 0 Å². The number of fused-ring (bicyclic) bond motifs is 3. The van der Waals surface area contributed by atoms with Gasteiger partial charge in [0, 0.05) is 36.4 Å². The molecule has 4 heteroatoms. The van der Waals surface area contributed by atoms with E-state index in [2.05, 4.69) is 44.2 Å². The van der Waals surface area contributed by atoms with Crippen molar-refractivity contribution in [2.45, 2.75) is 7.43 Å². The highest BCUT2D eigenvalue weighted by atomic mass is 14.8. The molecule has 0 N–H and O–H groups in total. The molecule has 152 valence electrons. The van der Waals surface area contributed by atoms with Gasteiger partial charge in [0.25, 0.3) is 0 Å². The number of benzene rings is 3. The maximum absolute atomic E-state index is 4.18. The lowest BCUT2D eigenvalue weighted by Gasteiger charge is -1.91. The lowest BCUT2D eigenvalue weighted by Crippen LogP contribution is -1.78. The number of hydrogen-bond donors (Lipinski definition) is 0. The molecule has 0 aliphatic rings. The highest BCUT2D eigenvalue weighted by Crippen LogP contribution is 2.10. The Morgan fingerprint density at radius 1 is 0.387 bits per heavy atom. The number of rotatable bonds is 0. The molecule has 6 aromatic rings. The molecule has 3 aromatic heterocycles. The van der Waals surface area contributed by atoms with Crippen molar-refractivity contribution >= 4 is 32.7 Å². The van der Waals surface area contributed by atoms with Gasteiger partial charge >= 0.3 is 0 Å². The first-order valence-electron chi connectivity index (χ1n) is 9.64. The molecule has 6 rings (SSSR count). The molecule has 0 aliphatic heterocycles. The number of aromatic nitrogens is 4. The van der Waals surface area contributed by atoms with Gasteiger partial charge in [-0.2, -0.15) is 0 Å². The summed E-state index contributed by atoms with van der Waals surface area (Å²) in [6, 6.07) is 30.1. The standard InChI is InChI=1S/2C9H7N.C8H6N2.CH4/c1-2-6-9-8(4-1)5-3-7-10-9;1-2-4-9-7-10-6-5-8(9)3-1;1-2-4-8-7(3-1)9-5-6-10-8;/h2*1-7H;1-6H;1H4. The second kappa shape index (κ2) is 11.1. The Balaban J connectivity index is 0.000000130. The van der Waals surface area contributed by atoms with E-state index in [1.54, 1.807) is 12.4 Å². The molecule has 0 saturated heterocycles. The van der Waals surface area contributed by atoms with Gasteiger partial charge in [0.15, 0.2) is 0 Å². The Kier molecular flexibility index (Phi) is 7.72. The summed E-state index contributed by atoms with van der Waals surface area (Å²) >= 11 is 0. The lowest BCUT2D eigenvalue weighted by atomic mass is 10.2. The Labute approximate surface area is 182 Å². The monoisotopic (exact) mass is 404 g/mol. The topological polar surface area (TPSA) is 51.6 Å². The molecule has 0 fully saturated rings. The minimum Gasteiger partial charge on any atom is -0.264 e. The van der Waals surface area contributed by atoms with Gasteiger partial charge in [-0.1, -0.05) is 68.1 Å². The average molecular weight is 405 g/mol. The zero-order valence-electron chi connectivity index (χ0n) is 16.3. The Hall–Kier alpha value is -4.18. The molecule has 3 aromatic carbocycles. The van der Waals surface area contributed by atoms with Crippen molar-refractivity contribution in [3.05, 3.63) is 122 Å². The molecule has 0 saturated carbocycles. The van der Waals surface area contributed by atoms with Gasteiger partial charge in [-0.25, -0.2) is 0 Å². The van der Waals surface area contributed by atoms with Crippen LogP contribution in [0.3, 0.4) is 0 Å². The summed E-state index contributed by atoms with van der Waals surface area (Å²) in [5.41, 5.74) is 2.96. The normalized spacial score (nSPS) is 9.68. The van der Waals surface area contributed by atoms with Gasteiger partial charge in [-0.3, -0.25) is 19.9 Å². The Bertz CT molecular complexity index is 1000. The number of para-hydroxylation sites is 3. The quantitative estimate of drug-likeness (QED) is 0.281. The number of hydrogen-bond acceptors (Lipinski definition) is 4. The molecule has 3 heterocycles. The van der Waals surface area contributed by atoms with E-state index in [0.29, 0.717) is 0 Å². The molecule has 0 amide bonds. The van der Waals surface area contributed by atoms with E-state index in [0.717, 1.165) is 16.6 Å². The van der Waals surface area contributed by atoms with Crippen LogP contribution in [0.5, 0.6) is 0 Å². The molecule has 0 aliphatic carbocycles. The first-order valence-corrected chi connectivity index (χ1v) is 9.64. The maximum atomic E-state index is 4.18. The second-order valence-electron chi connectivity index (χ2n) is 6.46. The van der Waals surface area contributed by atoms with Crippen molar-refractivity contribution in [1.82, 2.24) is 19.9 Å². The van der Waals surface area contributed by atoms with Crippen LogP contribution in [0.25, 0.3) is 32.7 Å². The summed E-state index contributed by atoms with van der Waals surface area (Å²) < 4.78 is 0. The molecular weight excluding hydrogens is 380 g/mol. The predicted octanol–water partition coefficient (Wildman–Crippen LogP) is 6.74. The van der Waals surface area contributed by atoms with E-state index in [9.17, 15) is 0 Å². The predicted molar refractivity (Wildman–Crippen MR) is 130 cm³/mol. The van der Waals surface area contributed by atoms with Gasteiger partial charge in [-0.15, -0.1) is 0 Å². The van der Waals surface area contributed by atoms with Gasteiger partial charge in [-0.05, 0) is 41.1 Å². The summed E-state index contributed by atoms with van der Waals surface area (Å²) in [4.78, 5) is 16.4. The Morgan fingerprint density at radius 2 is 0.903 bits per heavy atom. The number of pyridine rings is 2. The van der Waals surface area contributed by atoms with Crippen LogP contribution in [0.4, 0.5) is 0 Å². The third-order valence-corrected chi connectivity index (χ3v) is 4.44. The van der Waals surface area contributed by atoms with Crippen molar-refractivity contribution in [3.63, 3.8) is 0 Å². The smallest absolute Gasteiger partial charge is 0.0886 e. The molecule has 31 heavy (non-hydrogen) atoms. The van der Waals surface area contributed by atoms with Gasteiger partial charge in [0.1, 0.15) is 0 Å². The van der Waals surface area contributed by atoms with Gasteiger partial charge in [0.2, 0.25) is 0 Å². The average Bonchev–Trinajstić information content (AvgIpc) is 2.85. The molecule has 0 bridgehead atoms.